The van der Waals surface area contributed by atoms with Gasteiger partial charge in [0, 0.05) is 5.56 Å². The van der Waals surface area contributed by atoms with E-state index < -0.39 is 0 Å². The van der Waals surface area contributed by atoms with Gasteiger partial charge in [-0.2, -0.15) is 10.4 Å². The molecule has 0 amide bonds. The smallest absolute Gasteiger partial charge is 0.201 e. The summed E-state index contributed by atoms with van der Waals surface area (Å²) in [7, 11) is 0. The number of nitrogens with zero attached hydrogens (tertiary/aromatic N) is 2. The first kappa shape index (κ1) is 12.4. The number of anilines is 1. The van der Waals surface area contributed by atoms with Gasteiger partial charge in [0.1, 0.15) is 11.8 Å². The highest BCUT2D eigenvalue weighted by Crippen LogP contribution is 2.22. The minimum atomic E-state index is -0.378. The number of nitrogens with one attached hydrogen (secondary N) is 2. The summed E-state index contributed by atoms with van der Waals surface area (Å²) in [4.78, 5) is 0. The van der Waals surface area contributed by atoms with Crippen LogP contribution in [0.4, 0.5) is 5.69 Å². The number of amidine groups is 1. The molecule has 6 heteroatoms. The maximum atomic E-state index is 8.72. The number of nitriles is 1. The summed E-state index contributed by atoms with van der Waals surface area (Å²) in [6.45, 7) is 0. The van der Waals surface area contributed by atoms with Crippen LogP contribution < -0.4 is 11.2 Å². The average Bonchev–Trinajstić information content (AvgIpc) is 2.93. The molecule has 4 N–H and O–H groups in total. The summed E-state index contributed by atoms with van der Waals surface area (Å²) in [6, 6.07) is 12.7. The summed E-state index contributed by atoms with van der Waals surface area (Å²) < 4.78 is 5.29. The van der Waals surface area contributed by atoms with Crippen molar-refractivity contribution in [2.45, 2.75) is 0 Å². The molecule has 0 bridgehead atoms. The maximum absolute atomic E-state index is 8.72. The highest BCUT2D eigenvalue weighted by atomic mass is 16.3. The maximum Gasteiger partial charge on any atom is 0.201 e. The van der Waals surface area contributed by atoms with Crippen LogP contribution in [0.1, 0.15) is 0 Å². The molecule has 0 radical (unpaired) electrons. The lowest BCUT2D eigenvalue weighted by atomic mass is 10.1. The first-order valence-electron chi connectivity index (χ1n) is 5.43. The Morgan fingerprint density at radius 3 is 2.84 bits per heavy atom. The van der Waals surface area contributed by atoms with Crippen LogP contribution in [0.15, 0.2) is 52.2 Å². The number of hydrazone groups is 1. The molecule has 6 nitrogen and oxygen atoms in total. The number of hydrogen-bond acceptors (Lipinski definition) is 5. The third kappa shape index (κ3) is 2.98. The van der Waals surface area contributed by atoms with Gasteiger partial charge >= 0.3 is 0 Å². The fourth-order valence-corrected chi connectivity index (χ4v) is 1.45. The van der Waals surface area contributed by atoms with E-state index in [2.05, 4.69) is 10.5 Å². The van der Waals surface area contributed by atoms with E-state index in [0.29, 0.717) is 5.69 Å². The van der Waals surface area contributed by atoms with Crippen LogP contribution in [-0.4, -0.2) is 11.5 Å². The normalized spacial score (nSPS) is 10.8. The Balaban J connectivity index is 2.21. The van der Waals surface area contributed by atoms with Gasteiger partial charge in [-0.3, -0.25) is 10.8 Å². The van der Waals surface area contributed by atoms with E-state index in [0.717, 1.165) is 11.3 Å². The molecule has 1 aromatic carbocycles. The Bertz CT molecular complexity index is 652. The molecule has 0 aliphatic rings. The number of furan rings is 1. The highest BCUT2D eigenvalue weighted by molar-refractivity contribution is 6.45. The van der Waals surface area contributed by atoms with Gasteiger partial charge in [-0.05, 0) is 24.3 Å². The molecular formula is C13H11N5O. The second-order valence-corrected chi connectivity index (χ2v) is 3.66. The molecule has 0 saturated heterocycles. The van der Waals surface area contributed by atoms with Crippen LogP contribution >= 0.6 is 0 Å². The van der Waals surface area contributed by atoms with E-state index in [4.69, 9.17) is 20.8 Å². The van der Waals surface area contributed by atoms with Gasteiger partial charge < -0.3 is 10.2 Å². The minimum Gasteiger partial charge on any atom is -0.464 e. The Kier molecular flexibility index (Phi) is 3.59. The second kappa shape index (κ2) is 5.51. The summed E-state index contributed by atoms with van der Waals surface area (Å²) >= 11 is 0. The molecule has 0 fully saturated rings. The second-order valence-electron chi connectivity index (χ2n) is 3.66. The standard InChI is InChI=1S/C13H11N5O/c14-8-11(13(15)16)18-17-10-4-1-3-9(7-10)12-5-2-6-19-12/h1-7,17H,(H3,15,16)/b18-11+. The van der Waals surface area contributed by atoms with Crippen molar-refractivity contribution in [2.24, 2.45) is 10.8 Å². The zero-order valence-corrected chi connectivity index (χ0v) is 9.92. The first-order valence-corrected chi connectivity index (χ1v) is 5.43. The number of rotatable bonds is 4. The van der Waals surface area contributed by atoms with E-state index >= 15 is 0 Å². The minimum absolute atomic E-state index is 0.164. The third-order valence-corrected chi connectivity index (χ3v) is 2.33. The molecule has 94 valence electrons. The fraction of sp³-hybridized carbons (Fsp3) is 0. The predicted octanol–water partition coefficient (Wildman–Crippen LogP) is 2.17. The monoisotopic (exact) mass is 253 g/mol. The summed E-state index contributed by atoms with van der Waals surface area (Å²) in [5.41, 5.74) is 9.26. The van der Waals surface area contributed by atoms with Crippen molar-refractivity contribution in [1.29, 1.82) is 10.7 Å². The van der Waals surface area contributed by atoms with Crippen LogP contribution in [0.3, 0.4) is 0 Å². The molecule has 1 aromatic heterocycles. The van der Waals surface area contributed by atoms with Gasteiger partial charge in [-0.25, -0.2) is 0 Å². The topological polar surface area (TPSA) is 111 Å². The Morgan fingerprint density at radius 2 is 2.21 bits per heavy atom. The largest absolute Gasteiger partial charge is 0.464 e. The van der Waals surface area contributed by atoms with E-state index in [-0.39, 0.29) is 11.5 Å². The van der Waals surface area contributed by atoms with Crippen molar-refractivity contribution in [2.75, 3.05) is 5.43 Å². The van der Waals surface area contributed by atoms with Crippen LogP contribution in [0.2, 0.25) is 0 Å². The van der Waals surface area contributed by atoms with Crippen LogP contribution in [0, 0.1) is 16.7 Å². The van der Waals surface area contributed by atoms with Gasteiger partial charge in [0.05, 0.1) is 12.0 Å². The van der Waals surface area contributed by atoms with E-state index in [1.807, 2.05) is 24.3 Å². The van der Waals surface area contributed by atoms with Crippen molar-refractivity contribution in [3.63, 3.8) is 0 Å². The van der Waals surface area contributed by atoms with E-state index in [1.54, 1.807) is 24.5 Å². The van der Waals surface area contributed by atoms with Crippen molar-refractivity contribution in [1.82, 2.24) is 0 Å². The van der Waals surface area contributed by atoms with Crippen molar-refractivity contribution in [3.8, 4) is 17.4 Å². The molecular weight excluding hydrogens is 242 g/mol. The summed E-state index contributed by atoms with van der Waals surface area (Å²) in [6.07, 6.45) is 1.59. The lowest BCUT2D eigenvalue weighted by molar-refractivity contribution is 0.582. The molecule has 0 saturated carbocycles. The van der Waals surface area contributed by atoms with Gasteiger partial charge in [0.2, 0.25) is 5.71 Å². The molecule has 2 rings (SSSR count). The molecule has 0 atom stereocenters. The molecule has 2 aromatic rings. The predicted molar refractivity (Wildman–Crippen MR) is 72.7 cm³/mol. The van der Waals surface area contributed by atoms with Gasteiger partial charge in [0.15, 0.2) is 5.84 Å². The molecule has 19 heavy (non-hydrogen) atoms. The quantitative estimate of drug-likeness (QED) is 0.440. The van der Waals surface area contributed by atoms with E-state index in [1.165, 1.54) is 0 Å². The van der Waals surface area contributed by atoms with Gasteiger partial charge in [-0.15, -0.1) is 0 Å². The van der Waals surface area contributed by atoms with Crippen molar-refractivity contribution in [3.05, 3.63) is 42.7 Å². The van der Waals surface area contributed by atoms with Crippen LogP contribution in [0.5, 0.6) is 0 Å². The van der Waals surface area contributed by atoms with Crippen molar-refractivity contribution >= 4 is 17.2 Å². The first-order chi connectivity index (χ1) is 9.20. The highest BCUT2D eigenvalue weighted by Gasteiger charge is 2.03. The van der Waals surface area contributed by atoms with Crippen LogP contribution in [0.25, 0.3) is 11.3 Å². The Labute approximate surface area is 109 Å². The fourth-order valence-electron chi connectivity index (χ4n) is 1.45. The molecule has 0 aliphatic carbocycles. The Morgan fingerprint density at radius 1 is 1.37 bits per heavy atom. The number of benzene rings is 1. The summed E-state index contributed by atoms with van der Waals surface area (Å²) in [5, 5.41) is 19.6. The third-order valence-electron chi connectivity index (χ3n) is 2.33. The molecule has 0 spiro atoms. The Hall–Kier alpha value is -3.07. The van der Waals surface area contributed by atoms with Crippen molar-refractivity contribution < 1.29 is 4.42 Å². The number of hydrogen-bond donors (Lipinski definition) is 3. The lowest BCUT2D eigenvalue weighted by Crippen LogP contribution is -2.21. The molecule has 0 unspecified atom stereocenters. The molecule has 1 heterocycles. The molecule has 0 aliphatic heterocycles. The average molecular weight is 253 g/mol. The van der Waals surface area contributed by atoms with E-state index in [9.17, 15) is 0 Å². The lowest BCUT2D eigenvalue weighted by Gasteiger charge is -2.03. The summed E-state index contributed by atoms with van der Waals surface area (Å²) in [5.74, 6) is 0.358. The van der Waals surface area contributed by atoms with Gasteiger partial charge in [0.25, 0.3) is 0 Å². The van der Waals surface area contributed by atoms with Crippen LogP contribution in [-0.2, 0) is 0 Å². The SMILES string of the molecule is N#C/C(=N\Nc1cccc(-c2ccco2)c1)C(=N)N. The number of nitrogens with two attached hydrogens (primary N) is 1. The van der Waals surface area contributed by atoms with Gasteiger partial charge in [-0.1, -0.05) is 12.1 Å². The zero-order valence-electron chi connectivity index (χ0n) is 9.92. The zero-order chi connectivity index (χ0) is 13.7.